The van der Waals surface area contributed by atoms with Crippen LogP contribution in [0.3, 0.4) is 0 Å². The summed E-state index contributed by atoms with van der Waals surface area (Å²) in [6.45, 7) is 3.34. The fourth-order valence-electron chi connectivity index (χ4n) is 2.29. The van der Waals surface area contributed by atoms with E-state index in [9.17, 15) is 9.59 Å². The van der Waals surface area contributed by atoms with Crippen LogP contribution >= 0.6 is 0 Å². The lowest BCUT2D eigenvalue weighted by atomic mass is 10.4. The van der Waals surface area contributed by atoms with Crippen LogP contribution in [0, 0.1) is 0 Å². The van der Waals surface area contributed by atoms with Gasteiger partial charge in [-0.3, -0.25) is 13.9 Å². The highest BCUT2D eigenvalue weighted by atomic mass is 16.2. The van der Waals surface area contributed by atoms with E-state index in [1.807, 2.05) is 18.5 Å². The highest BCUT2D eigenvalue weighted by Gasteiger charge is 2.17. The minimum Gasteiger partial charge on any atom is -0.313 e. The molecule has 0 aliphatic carbocycles. The summed E-state index contributed by atoms with van der Waals surface area (Å²) in [5.74, 6) is 0.776. The summed E-state index contributed by atoms with van der Waals surface area (Å²) >= 11 is 0. The molecule has 7 nitrogen and oxygen atoms in total. The molecule has 1 N–H and O–H groups in total. The number of nitrogens with one attached hydrogen (secondary N) is 1. The topological polar surface area (TPSA) is 73.8 Å². The van der Waals surface area contributed by atoms with Gasteiger partial charge in [0.05, 0.1) is 6.54 Å². The normalized spacial score (nSPS) is 11.4. The van der Waals surface area contributed by atoms with E-state index in [2.05, 4.69) is 10.3 Å². The Morgan fingerprint density at radius 1 is 1.21 bits per heavy atom. The molecule has 0 unspecified atom stereocenters. The molecule has 0 aliphatic rings. The Morgan fingerprint density at radius 2 is 1.89 bits per heavy atom. The van der Waals surface area contributed by atoms with Gasteiger partial charge >= 0.3 is 5.69 Å². The second kappa shape index (κ2) is 5.00. The van der Waals surface area contributed by atoms with Gasteiger partial charge in [0.15, 0.2) is 5.52 Å². The lowest BCUT2D eigenvalue weighted by molar-refractivity contribution is 0.609. The van der Waals surface area contributed by atoms with Gasteiger partial charge in [0, 0.05) is 20.6 Å². The quantitative estimate of drug-likeness (QED) is 0.813. The first-order valence-corrected chi connectivity index (χ1v) is 6.32. The van der Waals surface area contributed by atoms with E-state index in [-0.39, 0.29) is 11.2 Å². The number of fused-ring (bicyclic) bond motifs is 1. The highest BCUT2D eigenvalue weighted by Crippen LogP contribution is 2.12. The van der Waals surface area contributed by atoms with Crippen LogP contribution in [0.2, 0.25) is 0 Å². The molecule has 0 bridgehead atoms. The van der Waals surface area contributed by atoms with Gasteiger partial charge in [-0.25, -0.2) is 9.78 Å². The SMILES string of the molecule is CCCn1c(CNC)nc2c(=O)n(C)c(=O)n(C)c21. The predicted octanol–water partition coefficient (Wildman–Crippen LogP) is -0.437. The largest absolute Gasteiger partial charge is 0.332 e. The molecule has 19 heavy (non-hydrogen) atoms. The van der Waals surface area contributed by atoms with Crippen LogP contribution in [-0.2, 0) is 27.2 Å². The first kappa shape index (κ1) is 13.5. The molecular weight excluding hydrogens is 246 g/mol. The van der Waals surface area contributed by atoms with Crippen LogP contribution in [-0.4, -0.2) is 25.7 Å². The number of hydrogen-bond donors (Lipinski definition) is 1. The van der Waals surface area contributed by atoms with Gasteiger partial charge in [-0.1, -0.05) is 6.92 Å². The molecule has 2 heterocycles. The van der Waals surface area contributed by atoms with E-state index in [0.29, 0.717) is 17.7 Å². The van der Waals surface area contributed by atoms with Crippen LogP contribution in [0.5, 0.6) is 0 Å². The van der Waals surface area contributed by atoms with Crippen molar-refractivity contribution in [2.75, 3.05) is 7.05 Å². The van der Waals surface area contributed by atoms with Crippen molar-refractivity contribution in [3.05, 3.63) is 26.7 Å². The second-order valence-electron chi connectivity index (χ2n) is 4.59. The highest BCUT2D eigenvalue weighted by molar-refractivity contribution is 5.70. The number of hydrogen-bond acceptors (Lipinski definition) is 4. The third kappa shape index (κ3) is 1.99. The maximum atomic E-state index is 12.1. The van der Waals surface area contributed by atoms with Crippen LogP contribution in [0.1, 0.15) is 19.2 Å². The van der Waals surface area contributed by atoms with Crippen molar-refractivity contribution < 1.29 is 0 Å². The molecule has 2 aromatic heterocycles. The van der Waals surface area contributed by atoms with Gasteiger partial charge in [-0.15, -0.1) is 0 Å². The molecule has 0 aliphatic heterocycles. The molecule has 0 atom stereocenters. The summed E-state index contributed by atoms with van der Waals surface area (Å²) in [7, 11) is 4.97. The summed E-state index contributed by atoms with van der Waals surface area (Å²) in [4.78, 5) is 28.5. The van der Waals surface area contributed by atoms with Crippen molar-refractivity contribution in [1.29, 1.82) is 0 Å². The van der Waals surface area contributed by atoms with Crippen molar-refractivity contribution in [2.24, 2.45) is 14.1 Å². The van der Waals surface area contributed by atoms with E-state index < -0.39 is 0 Å². The van der Waals surface area contributed by atoms with E-state index in [0.717, 1.165) is 23.4 Å². The Labute approximate surface area is 110 Å². The molecule has 0 spiro atoms. The molecule has 0 amide bonds. The lowest BCUT2D eigenvalue weighted by Crippen LogP contribution is -2.37. The van der Waals surface area contributed by atoms with Gasteiger partial charge in [0.1, 0.15) is 11.5 Å². The van der Waals surface area contributed by atoms with Gasteiger partial charge in [-0.05, 0) is 13.5 Å². The summed E-state index contributed by atoms with van der Waals surface area (Å²) in [6.07, 6.45) is 0.908. The maximum Gasteiger partial charge on any atom is 0.332 e. The number of rotatable bonds is 4. The Morgan fingerprint density at radius 3 is 2.47 bits per heavy atom. The minimum atomic E-state index is -0.342. The van der Waals surface area contributed by atoms with E-state index in [4.69, 9.17) is 0 Å². The fourth-order valence-corrected chi connectivity index (χ4v) is 2.29. The Hall–Kier alpha value is -1.89. The molecule has 0 saturated carbocycles. The van der Waals surface area contributed by atoms with Gasteiger partial charge < -0.3 is 9.88 Å². The zero-order chi connectivity index (χ0) is 14.2. The van der Waals surface area contributed by atoms with Crippen molar-refractivity contribution in [3.63, 3.8) is 0 Å². The molecule has 0 radical (unpaired) electrons. The lowest BCUT2D eigenvalue weighted by Gasteiger charge is -2.10. The molecule has 7 heteroatoms. The van der Waals surface area contributed by atoms with Gasteiger partial charge in [-0.2, -0.15) is 0 Å². The smallest absolute Gasteiger partial charge is 0.313 e. The summed E-state index contributed by atoms with van der Waals surface area (Å²) < 4.78 is 4.52. The fraction of sp³-hybridized carbons (Fsp3) is 0.583. The van der Waals surface area contributed by atoms with Crippen molar-refractivity contribution in [3.8, 4) is 0 Å². The Balaban J connectivity index is 2.92. The molecule has 2 aromatic rings. The second-order valence-corrected chi connectivity index (χ2v) is 4.59. The summed E-state index contributed by atoms with van der Waals surface area (Å²) in [5.41, 5.74) is 0.277. The van der Waals surface area contributed by atoms with Crippen LogP contribution in [0.25, 0.3) is 11.2 Å². The van der Waals surface area contributed by atoms with Crippen LogP contribution in [0.4, 0.5) is 0 Å². The van der Waals surface area contributed by atoms with Crippen LogP contribution < -0.4 is 16.6 Å². The number of nitrogens with zero attached hydrogens (tertiary/aromatic N) is 4. The predicted molar refractivity (Wildman–Crippen MR) is 73.3 cm³/mol. The molecule has 0 fully saturated rings. The summed E-state index contributed by atoms with van der Waals surface area (Å²) in [6, 6.07) is 0. The van der Waals surface area contributed by atoms with Crippen LogP contribution in [0.15, 0.2) is 9.59 Å². The van der Waals surface area contributed by atoms with Crippen molar-refractivity contribution >= 4 is 11.2 Å². The average molecular weight is 265 g/mol. The van der Waals surface area contributed by atoms with E-state index in [1.165, 1.54) is 11.6 Å². The zero-order valence-corrected chi connectivity index (χ0v) is 11.7. The van der Waals surface area contributed by atoms with Crippen molar-refractivity contribution in [1.82, 2.24) is 24.0 Å². The minimum absolute atomic E-state index is 0.328. The van der Waals surface area contributed by atoms with Gasteiger partial charge in [0.25, 0.3) is 5.56 Å². The molecule has 0 aromatic carbocycles. The third-order valence-corrected chi connectivity index (χ3v) is 3.20. The van der Waals surface area contributed by atoms with Gasteiger partial charge in [0.2, 0.25) is 0 Å². The number of aryl methyl sites for hydroxylation is 2. The summed E-state index contributed by atoms with van der Waals surface area (Å²) in [5, 5.41) is 3.03. The zero-order valence-electron chi connectivity index (χ0n) is 11.7. The number of imidazole rings is 1. The first-order chi connectivity index (χ1) is 9.02. The maximum absolute atomic E-state index is 12.1. The van der Waals surface area contributed by atoms with E-state index >= 15 is 0 Å². The molecular formula is C12H19N5O2. The molecule has 2 rings (SSSR count). The Bertz CT molecular complexity index is 722. The van der Waals surface area contributed by atoms with Crippen molar-refractivity contribution in [2.45, 2.75) is 26.4 Å². The molecule has 0 saturated heterocycles. The molecule has 104 valence electrons. The number of aromatic nitrogens is 4. The third-order valence-electron chi connectivity index (χ3n) is 3.20. The average Bonchev–Trinajstić information content (AvgIpc) is 2.74. The first-order valence-electron chi connectivity index (χ1n) is 6.32. The monoisotopic (exact) mass is 265 g/mol. The standard InChI is InChI=1S/C12H19N5O2/c1-5-6-17-8(7-13-2)14-9-10(17)15(3)12(19)16(4)11(9)18/h13H,5-7H2,1-4H3. The Kier molecular flexibility index (Phi) is 3.57. The van der Waals surface area contributed by atoms with E-state index in [1.54, 1.807) is 7.05 Å².